The van der Waals surface area contributed by atoms with Gasteiger partial charge in [0.1, 0.15) is 23.4 Å². The molecule has 0 unspecified atom stereocenters. The molecule has 0 aliphatic heterocycles. The van der Waals surface area contributed by atoms with E-state index in [-0.39, 0.29) is 51.9 Å². The van der Waals surface area contributed by atoms with Crippen LogP contribution >= 0.6 is 0 Å². The van der Waals surface area contributed by atoms with Gasteiger partial charge in [0.05, 0.1) is 18.5 Å². The number of methoxy groups -OCH3 is 1. The summed E-state index contributed by atoms with van der Waals surface area (Å²) in [4.78, 5) is 39.1. The summed E-state index contributed by atoms with van der Waals surface area (Å²) in [5, 5.41) is 2.61. The second kappa shape index (κ2) is 10.3. The molecule has 1 aliphatic rings. The minimum Gasteiger partial charge on any atom is -0.480 e. The monoisotopic (exact) mass is 590 g/mol. The molecule has 0 bridgehead atoms. The number of nitrogens with zero attached hydrogens (tertiary/aromatic N) is 7. The summed E-state index contributed by atoms with van der Waals surface area (Å²) >= 11 is 0. The van der Waals surface area contributed by atoms with E-state index in [0.717, 1.165) is 26.0 Å². The zero-order chi connectivity index (χ0) is 29.7. The normalized spacial score (nSPS) is 14.7. The molecule has 12 nitrogen and oxygen atoms in total. The van der Waals surface area contributed by atoms with Crippen molar-refractivity contribution in [3.05, 3.63) is 52.0 Å². The molecule has 4 aromatic rings. The van der Waals surface area contributed by atoms with Gasteiger partial charge in [-0.1, -0.05) is 6.07 Å². The van der Waals surface area contributed by atoms with Crippen molar-refractivity contribution in [2.24, 2.45) is 0 Å². The molecule has 216 valence electrons. The predicted octanol–water partition coefficient (Wildman–Crippen LogP) is 3.37. The van der Waals surface area contributed by atoms with E-state index in [4.69, 9.17) is 4.74 Å². The maximum Gasteiger partial charge on any atom is 0.409 e. The third kappa shape index (κ3) is 5.55. The highest BCUT2D eigenvalue weighted by Gasteiger charge is 2.40. The van der Waals surface area contributed by atoms with Gasteiger partial charge in [0.15, 0.2) is 32.2 Å². The number of nitrogens with one attached hydrogen (secondary N) is 1. The van der Waals surface area contributed by atoms with Crippen LogP contribution in [0.25, 0.3) is 22.6 Å². The molecule has 4 aromatic heterocycles. The Hall–Kier alpha value is -4.21. The molecule has 0 amide bonds. The highest BCUT2D eigenvalue weighted by molar-refractivity contribution is 7.90. The van der Waals surface area contributed by atoms with Crippen molar-refractivity contribution >= 4 is 26.8 Å². The first-order chi connectivity index (χ1) is 19.3. The Kier molecular flexibility index (Phi) is 7.13. The fourth-order valence-corrected chi connectivity index (χ4v) is 4.85. The summed E-state index contributed by atoms with van der Waals surface area (Å²) in [5.41, 5.74) is 0.305. The van der Waals surface area contributed by atoms with E-state index in [0.29, 0.717) is 21.4 Å². The Morgan fingerprint density at radius 2 is 1.88 bits per heavy atom. The summed E-state index contributed by atoms with van der Waals surface area (Å²) in [7, 11) is -2.11. The lowest BCUT2D eigenvalue weighted by atomic mass is 10.1. The van der Waals surface area contributed by atoms with Gasteiger partial charge in [0.25, 0.3) is 5.56 Å². The molecule has 5 rings (SSSR count). The number of alkyl halides is 3. The summed E-state index contributed by atoms with van der Waals surface area (Å²) in [6, 6.07) is 0.513. The van der Waals surface area contributed by atoms with Crippen LogP contribution in [0, 0.1) is 6.92 Å². The SMILES string of the molecule is COc1ncnc(C2CC2)c1-c1nc(C)c2nc(NCc3ccc(S(C)(=O)=O)nc3)c(=O)n([C@@H](C)C(F)(F)F)c2n1. The number of sulfone groups is 1. The van der Waals surface area contributed by atoms with Crippen LogP contribution in [0.15, 0.2) is 34.5 Å². The van der Waals surface area contributed by atoms with Crippen LogP contribution in [0.4, 0.5) is 19.0 Å². The molecule has 4 heterocycles. The van der Waals surface area contributed by atoms with Crippen molar-refractivity contribution in [2.45, 2.75) is 56.4 Å². The van der Waals surface area contributed by atoms with Gasteiger partial charge in [-0.05, 0) is 38.3 Å². The zero-order valence-electron chi connectivity index (χ0n) is 22.4. The second-order valence-electron chi connectivity index (χ2n) is 9.71. The Morgan fingerprint density at radius 3 is 2.46 bits per heavy atom. The van der Waals surface area contributed by atoms with Gasteiger partial charge >= 0.3 is 6.18 Å². The summed E-state index contributed by atoms with van der Waals surface area (Å²) in [5.74, 6) is -0.0559. The largest absolute Gasteiger partial charge is 0.480 e. The molecular weight excluding hydrogens is 565 g/mol. The molecule has 1 fully saturated rings. The molecule has 0 aromatic carbocycles. The van der Waals surface area contributed by atoms with E-state index in [1.54, 1.807) is 6.92 Å². The maximum absolute atomic E-state index is 14.0. The Morgan fingerprint density at radius 1 is 1.15 bits per heavy atom. The average Bonchev–Trinajstić information content (AvgIpc) is 3.76. The van der Waals surface area contributed by atoms with Gasteiger partial charge < -0.3 is 10.1 Å². The number of pyridine rings is 1. The lowest BCUT2D eigenvalue weighted by Crippen LogP contribution is -2.35. The third-order valence-corrected chi connectivity index (χ3v) is 7.64. The molecule has 41 heavy (non-hydrogen) atoms. The van der Waals surface area contributed by atoms with Gasteiger partial charge in [-0.3, -0.25) is 9.36 Å². The van der Waals surface area contributed by atoms with Crippen LogP contribution in [-0.2, 0) is 16.4 Å². The topological polar surface area (TPSA) is 155 Å². The number of rotatable bonds is 8. The van der Waals surface area contributed by atoms with Crippen LogP contribution < -0.4 is 15.6 Å². The molecule has 0 spiro atoms. The number of ether oxygens (including phenoxy) is 1. The standard InChI is InChI=1S/C25H25F3N8O4S/c1-12-18-22(35-20(33-12)17-19(15-6-7-15)31-11-32-23(17)40-3)36(13(2)25(26,27)28)24(37)21(34-18)30-10-14-5-8-16(29-9-14)41(4,38)39/h5,8-9,11,13,15H,6-7,10H2,1-4H3,(H,30,34)/t13-/m0/s1. The van der Waals surface area contributed by atoms with Crippen molar-refractivity contribution in [1.82, 2.24) is 34.5 Å². The van der Waals surface area contributed by atoms with Gasteiger partial charge in [0, 0.05) is 24.9 Å². The highest BCUT2D eigenvalue weighted by atomic mass is 32.2. The second-order valence-corrected chi connectivity index (χ2v) is 11.7. The van der Waals surface area contributed by atoms with Crippen molar-refractivity contribution in [3.63, 3.8) is 0 Å². The molecule has 1 saturated carbocycles. The average molecular weight is 591 g/mol. The molecule has 0 radical (unpaired) electrons. The van der Waals surface area contributed by atoms with Crippen molar-refractivity contribution < 1.29 is 26.3 Å². The van der Waals surface area contributed by atoms with Gasteiger partial charge in [-0.2, -0.15) is 13.2 Å². The van der Waals surface area contributed by atoms with Gasteiger partial charge in [-0.15, -0.1) is 0 Å². The predicted molar refractivity (Wildman–Crippen MR) is 141 cm³/mol. The quantitative estimate of drug-likeness (QED) is 0.321. The van der Waals surface area contributed by atoms with E-state index in [2.05, 4.69) is 35.2 Å². The fourth-order valence-electron chi connectivity index (χ4n) is 4.29. The van der Waals surface area contributed by atoms with Crippen LogP contribution in [-0.4, -0.2) is 62.4 Å². The van der Waals surface area contributed by atoms with Crippen molar-refractivity contribution in [2.75, 3.05) is 18.7 Å². The number of aryl methyl sites for hydroxylation is 1. The Balaban J connectivity index is 1.65. The zero-order valence-corrected chi connectivity index (χ0v) is 23.2. The lowest BCUT2D eigenvalue weighted by Gasteiger charge is -2.22. The molecule has 1 N–H and O–H groups in total. The van der Waals surface area contributed by atoms with E-state index >= 15 is 0 Å². The van der Waals surface area contributed by atoms with E-state index in [1.807, 2.05) is 0 Å². The van der Waals surface area contributed by atoms with Gasteiger partial charge in [0.2, 0.25) is 5.88 Å². The first-order valence-electron chi connectivity index (χ1n) is 12.4. The van der Waals surface area contributed by atoms with Crippen LogP contribution in [0.1, 0.15) is 48.7 Å². The molecule has 16 heteroatoms. The Labute approximate surface area is 232 Å². The number of hydrogen-bond donors (Lipinski definition) is 1. The smallest absolute Gasteiger partial charge is 0.409 e. The minimum atomic E-state index is -4.79. The van der Waals surface area contributed by atoms with Crippen LogP contribution in [0.5, 0.6) is 5.88 Å². The minimum absolute atomic E-state index is 0.0127. The Bertz CT molecular complexity index is 1810. The highest BCUT2D eigenvalue weighted by Crippen LogP contribution is 2.45. The summed E-state index contributed by atoms with van der Waals surface area (Å²) in [6.45, 7) is 2.35. The maximum atomic E-state index is 14.0. The number of fused-ring (bicyclic) bond motifs is 1. The first-order valence-corrected chi connectivity index (χ1v) is 14.3. The van der Waals surface area contributed by atoms with Gasteiger partial charge in [-0.25, -0.2) is 38.3 Å². The van der Waals surface area contributed by atoms with Crippen molar-refractivity contribution in [1.29, 1.82) is 0 Å². The first kappa shape index (κ1) is 28.3. The summed E-state index contributed by atoms with van der Waals surface area (Å²) < 4.78 is 71.4. The third-order valence-electron chi connectivity index (χ3n) is 6.63. The number of hydrogen-bond acceptors (Lipinski definition) is 11. The number of aromatic nitrogens is 7. The van der Waals surface area contributed by atoms with Crippen molar-refractivity contribution in [3.8, 4) is 17.3 Å². The molecule has 1 atom stereocenters. The number of anilines is 1. The lowest BCUT2D eigenvalue weighted by molar-refractivity contribution is -0.162. The van der Waals surface area contributed by atoms with E-state index < -0.39 is 27.6 Å². The fraction of sp³-hybridized carbons (Fsp3) is 0.400. The van der Waals surface area contributed by atoms with E-state index in [1.165, 1.54) is 31.8 Å². The van der Waals surface area contributed by atoms with Crippen LogP contribution in [0.3, 0.4) is 0 Å². The molecule has 0 saturated heterocycles. The molecular formula is C25H25F3N8O4S. The number of halogens is 3. The molecule has 1 aliphatic carbocycles. The van der Waals surface area contributed by atoms with E-state index in [9.17, 15) is 26.4 Å². The summed E-state index contributed by atoms with van der Waals surface area (Å²) in [6.07, 6.45) is 0.605. The van der Waals surface area contributed by atoms with Crippen LogP contribution in [0.2, 0.25) is 0 Å².